The van der Waals surface area contributed by atoms with Crippen molar-refractivity contribution in [1.82, 2.24) is 21.3 Å². The number of non-ortho nitro benzene ring substituents is 1. The third kappa shape index (κ3) is 12.7. The molecule has 0 bridgehead atoms. The molecule has 0 saturated heterocycles. The lowest BCUT2D eigenvalue weighted by Gasteiger charge is -2.24. The van der Waals surface area contributed by atoms with Crippen molar-refractivity contribution in [2.24, 2.45) is 0 Å². The Bertz CT molecular complexity index is 1710. The number of amides is 5. The molecule has 17 heteroatoms. The zero-order valence-electron chi connectivity index (χ0n) is 27.5. The minimum absolute atomic E-state index is 0.0138. The third-order valence-electron chi connectivity index (χ3n) is 6.73. The van der Waals surface area contributed by atoms with E-state index in [9.17, 15) is 44.2 Å². The van der Waals surface area contributed by atoms with Gasteiger partial charge in [-0.2, -0.15) is 0 Å². The predicted molar refractivity (Wildman–Crippen MR) is 180 cm³/mol. The van der Waals surface area contributed by atoms with Gasteiger partial charge in [0.15, 0.2) is 0 Å². The van der Waals surface area contributed by atoms with Crippen LogP contribution in [-0.4, -0.2) is 70.3 Å². The second-order valence-corrected chi connectivity index (χ2v) is 11.9. The fourth-order valence-corrected chi connectivity index (χ4v) is 4.45. The minimum atomic E-state index is -1.33. The molecule has 3 aromatic carbocycles. The highest BCUT2D eigenvalue weighted by molar-refractivity contribution is 6.00. The molecule has 0 heterocycles. The first-order valence-electron chi connectivity index (χ1n) is 15.3. The number of hydrogen-bond donors (Lipinski definition) is 5. The van der Waals surface area contributed by atoms with Crippen LogP contribution in [0.5, 0.6) is 0 Å². The number of carbonyl (C=O) groups excluding carboxylic acids is 5. The Kier molecular flexibility index (Phi) is 13.5. The van der Waals surface area contributed by atoms with Crippen LogP contribution in [0, 0.1) is 20.2 Å². The van der Waals surface area contributed by atoms with Gasteiger partial charge in [-0.1, -0.05) is 60.7 Å². The summed E-state index contributed by atoms with van der Waals surface area (Å²) in [5.41, 5.74) is -1.11. The lowest BCUT2D eigenvalue weighted by molar-refractivity contribution is -0.393. The Labute approximate surface area is 286 Å². The number of rotatable bonds is 15. The molecule has 0 aliphatic rings. The molecule has 264 valence electrons. The molecule has 3 rings (SSSR count). The van der Waals surface area contributed by atoms with E-state index in [1.54, 1.807) is 81.4 Å². The molecule has 17 nitrogen and oxygen atoms in total. The van der Waals surface area contributed by atoms with Crippen molar-refractivity contribution in [3.63, 3.8) is 0 Å². The first-order valence-corrected chi connectivity index (χ1v) is 15.3. The average molecular weight is 692 g/mol. The standard InChI is InChI=1S/C33H37N7O10/c1-33(2,3)50-32(45)35-19-28(41)34-20-29(42)36-25(16-21-10-6-4-7-11-21)30(43)38-26(17-22-12-8-5-9-13-22)31(44)37-24-15-14-23(39(46)47)18-27(24)40(48)49/h4-15,18,25-26H,16-17,19-20H2,1-3H3,(H,34,41)(H,35,45)(H,36,42)(H,37,44)(H,38,43)/t25-,26+/m1/s1. The van der Waals surface area contributed by atoms with Crippen LogP contribution in [0.4, 0.5) is 21.9 Å². The van der Waals surface area contributed by atoms with E-state index in [1.807, 2.05) is 0 Å². The summed E-state index contributed by atoms with van der Waals surface area (Å²) in [5.74, 6) is -3.10. The van der Waals surface area contributed by atoms with E-state index in [0.29, 0.717) is 17.2 Å². The van der Waals surface area contributed by atoms with E-state index in [-0.39, 0.29) is 18.5 Å². The average Bonchev–Trinajstić information content (AvgIpc) is 3.05. The highest BCUT2D eigenvalue weighted by Crippen LogP contribution is 2.29. The highest BCUT2D eigenvalue weighted by atomic mass is 16.6. The molecule has 0 saturated carbocycles. The van der Waals surface area contributed by atoms with Gasteiger partial charge in [-0.25, -0.2) is 4.79 Å². The van der Waals surface area contributed by atoms with Crippen molar-refractivity contribution >= 4 is 46.8 Å². The van der Waals surface area contributed by atoms with Crippen LogP contribution in [-0.2, 0) is 36.8 Å². The maximum Gasteiger partial charge on any atom is 0.408 e. The summed E-state index contributed by atoms with van der Waals surface area (Å²) in [7, 11) is 0. The second-order valence-electron chi connectivity index (χ2n) is 11.9. The topological polar surface area (TPSA) is 241 Å². The minimum Gasteiger partial charge on any atom is -0.444 e. The smallest absolute Gasteiger partial charge is 0.408 e. The van der Waals surface area contributed by atoms with E-state index >= 15 is 0 Å². The monoisotopic (exact) mass is 691 g/mol. The van der Waals surface area contributed by atoms with Gasteiger partial charge in [-0.3, -0.25) is 39.4 Å². The van der Waals surface area contributed by atoms with Gasteiger partial charge < -0.3 is 31.3 Å². The van der Waals surface area contributed by atoms with Gasteiger partial charge in [0.25, 0.3) is 11.4 Å². The number of anilines is 1. The molecule has 0 spiro atoms. The molecule has 3 aromatic rings. The van der Waals surface area contributed by atoms with Crippen molar-refractivity contribution < 1.29 is 38.6 Å². The van der Waals surface area contributed by atoms with Gasteiger partial charge in [-0.15, -0.1) is 0 Å². The summed E-state index contributed by atoms with van der Waals surface area (Å²) in [6, 6.07) is 17.4. The van der Waals surface area contributed by atoms with Gasteiger partial charge >= 0.3 is 6.09 Å². The fraction of sp³-hybridized carbons (Fsp3) is 0.303. The van der Waals surface area contributed by atoms with Crippen molar-refractivity contribution in [2.45, 2.75) is 51.3 Å². The van der Waals surface area contributed by atoms with E-state index in [0.717, 1.165) is 12.1 Å². The molecule has 5 N–H and O–H groups in total. The summed E-state index contributed by atoms with van der Waals surface area (Å²) in [6.45, 7) is 3.94. The summed E-state index contributed by atoms with van der Waals surface area (Å²) in [4.78, 5) is 85.4. The number of nitro benzene ring substituents is 2. The largest absolute Gasteiger partial charge is 0.444 e. The number of carbonyl (C=O) groups is 5. The van der Waals surface area contributed by atoms with Crippen LogP contribution in [0.15, 0.2) is 78.9 Å². The van der Waals surface area contributed by atoms with Crippen molar-refractivity contribution in [3.05, 3.63) is 110 Å². The van der Waals surface area contributed by atoms with E-state index in [1.165, 1.54) is 0 Å². The highest BCUT2D eigenvalue weighted by Gasteiger charge is 2.29. The molecular formula is C33H37N7O10. The third-order valence-corrected chi connectivity index (χ3v) is 6.73. The Balaban J connectivity index is 1.78. The van der Waals surface area contributed by atoms with Gasteiger partial charge in [-0.05, 0) is 38.0 Å². The van der Waals surface area contributed by atoms with Crippen LogP contribution in [0.2, 0.25) is 0 Å². The molecule has 0 aliphatic carbocycles. The number of benzene rings is 3. The van der Waals surface area contributed by atoms with Crippen LogP contribution in [0.1, 0.15) is 31.9 Å². The maximum absolute atomic E-state index is 13.7. The van der Waals surface area contributed by atoms with E-state index < -0.39 is 81.7 Å². The summed E-state index contributed by atoms with van der Waals surface area (Å²) in [5, 5.41) is 35.0. The number of nitrogens with one attached hydrogen (secondary N) is 5. The number of nitrogens with zero attached hydrogens (tertiary/aromatic N) is 2. The van der Waals surface area contributed by atoms with Crippen molar-refractivity contribution in [3.8, 4) is 0 Å². The van der Waals surface area contributed by atoms with Crippen LogP contribution in [0.25, 0.3) is 0 Å². The molecular weight excluding hydrogens is 654 g/mol. The molecule has 50 heavy (non-hydrogen) atoms. The van der Waals surface area contributed by atoms with Crippen LogP contribution in [0.3, 0.4) is 0 Å². The van der Waals surface area contributed by atoms with E-state index in [2.05, 4.69) is 26.6 Å². The van der Waals surface area contributed by atoms with Crippen LogP contribution < -0.4 is 26.6 Å². The number of alkyl carbamates (subject to hydrolysis) is 1. The van der Waals surface area contributed by atoms with Crippen molar-refractivity contribution in [1.29, 1.82) is 0 Å². The lowest BCUT2D eigenvalue weighted by Crippen LogP contribution is -2.55. The molecule has 0 radical (unpaired) electrons. The number of hydrogen-bond acceptors (Lipinski definition) is 10. The molecule has 0 fully saturated rings. The lowest BCUT2D eigenvalue weighted by atomic mass is 10.0. The zero-order valence-corrected chi connectivity index (χ0v) is 27.5. The number of nitro groups is 2. The normalized spacial score (nSPS) is 12.0. The molecule has 2 atom stereocenters. The molecule has 0 unspecified atom stereocenters. The van der Waals surface area contributed by atoms with Crippen LogP contribution >= 0.6 is 0 Å². The SMILES string of the molecule is CC(C)(C)OC(=O)NCC(=O)NCC(=O)N[C@H](Cc1ccccc1)C(=O)N[C@@H](Cc1ccccc1)C(=O)Nc1ccc([N+](=O)[O-])cc1[N+](=O)[O-]. The summed E-state index contributed by atoms with van der Waals surface area (Å²) >= 11 is 0. The quantitative estimate of drug-likeness (QED) is 0.115. The Morgan fingerprint density at radius 1 is 0.700 bits per heavy atom. The van der Waals surface area contributed by atoms with Gasteiger partial charge in [0, 0.05) is 18.9 Å². The van der Waals surface area contributed by atoms with E-state index in [4.69, 9.17) is 4.74 Å². The maximum atomic E-state index is 13.7. The molecule has 5 amide bonds. The molecule has 0 aromatic heterocycles. The Hall–Kier alpha value is -6.39. The second kappa shape index (κ2) is 17.7. The van der Waals surface area contributed by atoms with Crippen molar-refractivity contribution in [2.75, 3.05) is 18.4 Å². The first-order chi connectivity index (χ1) is 23.6. The Morgan fingerprint density at radius 2 is 1.24 bits per heavy atom. The van der Waals surface area contributed by atoms with Gasteiger partial charge in [0.2, 0.25) is 23.6 Å². The fourth-order valence-electron chi connectivity index (χ4n) is 4.45. The first kappa shape index (κ1) is 38.1. The van der Waals surface area contributed by atoms with Gasteiger partial charge in [0.1, 0.15) is 29.9 Å². The summed E-state index contributed by atoms with van der Waals surface area (Å²) in [6.07, 6.45) is -0.902. The Morgan fingerprint density at radius 3 is 1.76 bits per heavy atom. The van der Waals surface area contributed by atoms with Gasteiger partial charge in [0.05, 0.1) is 22.5 Å². The number of ether oxygens (including phenoxy) is 1. The zero-order chi connectivity index (χ0) is 36.8. The predicted octanol–water partition coefficient (Wildman–Crippen LogP) is 2.54. The molecule has 0 aliphatic heterocycles. The summed E-state index contributed by atoms with van der Waals surface area (Å²) < 4.78 is 5.06.